The summed E-state index contributed by atoms with van der Waals surface area (Å²) in [7, 11) is 0. The minimum absolute atomic E-state index is 0.515. The van der Waals surface area contributed by atoms with E-state index in [-0.39, 0.29) is 0 Å². The second-order valence-electron chi connectivity index (χ2n) is 5.39. The van der Waals surface area contributed by atoms with E-state index < -0.39 is 6.10 Å². The van der Waals surface area contributed by atoms with Gasteiger partial charge in [0.15, 0.2) is 0 Å². The summed E-state index contributed by atoms with van der Waals surface area (Å²) in [5.74, 6) is 0.515. The van der Waals surface area contributed by atoms with Gasteiger partial charge in [0.1, 0.15) is 0 Å². The Morgan fingerprint density at radius 2 is 1.75 bits per heavy atom. The fourth-order valence-electron chi connectivity index (χ4n) is 2.22. The molecule has 106 valence electrons. The van der Waals surface area contributed by atoms with Crippen LogP contribution in [-0.2, 0) is 6.42 Å². The van der Waals surface area contributed by atoms with Gasteiger partial charge in [0.2, 0.25) is 0 Å². The van der Waals surface area contributed by atoms with Crippen molar-refractivity contribution in [3.63, 3.8) is 0 Å². The van der Waals surface area contributed by atoms with Crippen molar-refractivity contribution in [3.05, 3.63) is 64.2 Å². The highest BCUT2D eigenvalue weighted by molar-refractivity contribution is 6.30. The number of aliphatic hydroxyl groups excluding tert-OH is 1. The molecule has 3 heteroatoms. The van der Waals surface area contributed by atoms with E-state index >= 15 is 0 Å². The molecular formula is C17H20ClNO. The minimum Gasteiger partial charge on any atom is -0.398 e. The van der Waals surface area contributed by atoms with E-state index in [1.54, 1.807) is 18.2 Å². The maximum absolute atomic E-state index is 10.3. The molecule has 2 aromatic rings. The first-order chi connectivity index (χ1) is 9.47. The number of anilines is 1. The van der Waals surface area contributed by atoms with E-state index in [2.05, 4.69) is 38.1 Å². The van der Waals surface area contributed by atoms with E-state index in [1.807, 2.05) is 0 Å². The molecule has 0 bridgehead atoms. The van der Waals surface area contributed by atoms with Crippen molar-refractivity contribution < 1.29 is 5.11 Å². The number of benzene rings is 2. The Balaban J connectivity index is 2.12. The maximum atomic E-state index is 10.3. The molecule has 0 heterocycles. The highest BCUT2D eigenvalue weighted by Crippen LogP contribution is 2.27. The van der Waals surface area contributed by atoms with E-state index in [0.29, 0.717) is 23.0 Å². The first-order valence-corrected chi connectivity index (χ1v) is 7.17. The predicted octanol–water partition coefficient (Wildman–Crippen LogP) is 4.32. The third-order valence-corrected chi connectivity index (χ3v) is 3.72. The van der Waals surface area contributed by atoms with Crippen LogP contribution >= 0.6 is 11.6 Å². The molecule has 2 aromatic carbocycles. The summed E-state index contributed by atoms with van der Waals surface area (Å²) >= 11 is 5.87. The maximum Gasteiger partial charge on any atom is 0.0850 e. The Hall–Kier alpha value is -1.51. The van der Waals surface area contributed by atoms with Gasteiger partial charge in [0, 0.05) is 22.7 Å². The molecule has 2 nitrogen and oxygen atoms in total. The first kappa shape index (κ1) is 14.9. The number of nitrogens with two attached hydrogens (primary N) is 1. The summed E-state index contributed by atoms with van der Waals surface area (Å²) < 4.78 is 0. The Morgan fingerprint density at radius 3 is 2.30 bits per heavy atom. The van der Waals surface area contributed by atoms with Gasteiger partial charge >= 0.3 is 0 Å². The fraction of sp³-hybridized carbons (Fsp3) is 0.294. The third kappa shape index (κ3) is 3.53. The lowest BCUT2D eigenvalue weighted by Crippen LogP contribution is -2.05. The van der Waals surface area contributed by atoms with E-state index in [0.717, 1.165) is 11.1 Å². The molecule has 20 heavy (non-hydrogen) atoms. The summed E-state index contributed by atoms with van der Waals surface area (Å²) in [4.78, 5) is 0. The molecule has 1 unspecified atom stereocenters. The zero-order valence-corrected chi connectivity index (χ0v) is 12.6. The highest BCUT2D eigenvalue weighted by atomic mass is 35.5. The fourth-order valence-corrected chi connectivity index (χ4v) is 2.40. The number of nitrogen functional groups attached to an aromatic ring is 1. The summed E-state index contributed by atoms with van der Waals surface area (Å²) in [6.45, 7) is 4.33. The van der Waals surface area contributed by atoms with Crippen LogP contribution in [0.3, 0.4) is 0 Å². The molecule has 2 rings (SSSR count). The monoisotopic (exact) mass is 289 g/mol. The van der Waals surface area contributed by atoms with Crippen LogP contribution in [0, 0.1) is 0 Å². The van der Waals surface area contributed by atoms with Crippen molar-refractivity contribution in [2.45, 2.75) is 32.3 Å². The minimum atomic E-state index is -0.614. The first-order valence-electron chi connectivity index (χ1n) is 6.79. The average Bonchev–Trinajstić information content (AvgIpc) is 2.39. The van der Waals surface area contributed by atoms with Crippen LogP contribution in [-0.4, -0.2) is 5.11 Å². The molecule has 1 atom stereocenters. The molecule has 0 aliphatic heterocycles. The molecule has 0 amide bonds. The zero-order valence-electron chi connectivity index (χ0n) is 11.8. The van der Waals surface area contributed by atoms with Gasteiger partial charge in [-0.2, -0.15) is 0 Å². The second kappa shape index (κ2) is 6.29. The van der Waals surface area contributed by atoms with E-state index in [4.69, 9.17) is 17.3 Å². The van der Waals surface area contributed by atoms with Crippen LogP contribution in [0.5, 0.6) is 0 Å². The molecule has 3 N–H and O–H groups in total. The topological polar surface area (TPSA) is 46.2 Å². The van der Waals surface area contributed by atoms with Crippen molar-refractivity contribution in [1.29, 1.82) is 0 Å². The Kier molecular flexibility index (Phi) is 4.69. The molecule has 0 aromatic heterocycles. The zero-order chi connectivity index (χ0) is 14.7. The summed E-state index contributed by atoms with van der Waals surface area (Å²) in [5, 5.41) is 10.9. The Morgan fingerprint density at radius 1 is 1.10 bits per heavy atom. The van der Waals surface area contributed by atoms with E-state index in [1.165, 1.54) is 5.56 Å². The second-order valence-corrected chi connectivity index (χ2v) is 5.83. The van der Waals surface area contributed by atoms with Crippen molar-refractivity contribution in [1.82, 2.24) is 0 Å². The van der Waals surface area contributed by atoms with Crippen molar-refractivity contribution in [3.8, 4) is 0 Å². The largest absolute Gasteiger partial charge is 0.398 e. The van der Waals surface area contributed by atoms with Gasteiger partial charge in [-0.1, -0.05) is 55.8 Å². The number of hydrogen-bond donors (Lipinski definition) is 2. The molecule has 0 radical (unpaired) electrons. The smallest absolute Gasteiger partial charge is 0.0850 e. The lowest BCUT2D eigenvalue weighted by molar-refractivity contribution is 0.179. The van der Waals surface area contributed by atoms with Crippen LogP contribution in [0.1, 0.15) is 42.6 Å². The van der Waals surface area contributed by atoms with Crippen LogP contribution in [0.25, 0.3) is 0 Å². The van der Waals surface area contributed by atoms with Gasteiger partial charge in [-0.3, -0.25) is 0 Å². The quantitative estimate of drug-likeness (QED) is 0.823. The number of rotatable bonds is 4. The summed E-state index contributed by atoms with van der Waals surface area (Å²) in [5.41, 5.74) is 9.55. The van der Waals surface area contributed by atoms with Crippen LogP contribution < -0.4 is 5.73 Å². The molecule has 0 spiro atoms. The Bertz CT molecular complexity index is 578. The standard InChI is InChI=1S/C17H20ClNO/c1-11(2)13-5-3-12(4-6-13)9-17(20)15-8-7-14(18)10-16(15)19/h3-8,10-11,17,20H,9,19H2,1-2H3. The van der Waals surface area contributed by atoms with Crippen LogP contribution in [0.2, 0.25) is 5.02 Å². The van der Waals surface area contributed by atoms with Gasteiger partial charge in [0.05, 0.1) is 6.10 Å². The van der Waals surface area contributed by atoms with Gasteiger partial charge in [-0.25, -0.2) is 0 Å². The van der Waals surface area contributed by atoms with Crippen molar-refractivity contribution >= 4 is 17.3 Å². The normalized spacial score (nSPS) is 12.7. The number of aliphatic hydroxyl groups is 1. The lowest BCUT2D eigenvalue weighted by atomic mass is 9.97. The van der Waals surface area contributed by atoms with E-state index in [9.17, 15) is 5.11 Å². The van der Waals surface area contributed by atoms with Crippen LogP contribution in [0.15, 0.2) is 42.5 Å². The lowest BCUT2D eigenvalue weighted by Gasteiger charge is -2.14. The van der Waals surface area contributed by atoms with Gasteiger partial charge in [-0.15, -0.1) is 0 Å². The molecule has 0 aliphatic carbocycles. The highest BCUT2D eigenvalue weighted by Gasteiger charge is 2.12. The van der Waals surface area contributed by atoms with Crippen molar-refractivity contribution in [2.75, 3.05) is 5.73 Å². The SMILES string of the molecule is CC(C)c1ccc(CC(O)c2ccc(Cl)cc2N)cc1. The molecule has 0 fully saturated rings. The predicted molar refractivity (Wildman–Crippen MR) is 85.1 cm³/mol. The number of hydrogen-bond acceptors (Lipinski definition) is 2. The van der Waals surface area contributed by atoms with Gasteiger partial charge in [-0.05, 0) is 29.2 Å². The van der Waals surface area contributed by atoms with Gasteiger partial charge in [0.25, 0.3) is 0 Å². The third-order valence-electron chi connectivity index (χ3n) is 3.48. The molecule has 0 saturated heterocycles. The van der Waals surface area contributed by atoms with Gasteiger partial charge < -0.3 is 10.8 Å². The van der Waals surface area contributed by atoms with Crippen molar-refractivity contribution in [2.24, 2.45) is 0 Å². The summed E-state index contributed by atoms with van der Waals surface area (Å²) in [6.07, 6.45) is -0.0679. The summed E-state index contributed by atoms with van der Waals surface area (Å²) in [6, 6.07) is 13.5. The molecule has 0 saturated carbocycles. The Labute approximate surface area is 125 Å². The number of halogens is 1. The van der Waals surface area contributed by atoms with Crippen LogP contribution in [0.4, 0.5) is 5.69 Å². The molecule has 0 aliphatic rings. The molecular weight excluding hydrogens is 270 g/mol. The average molecular weight is 290 g/mol.